The van der Waals surface area contributed by atoms with Gasteiger partial charge < -0.3 is 14.8 Å². The van der Waals surface area contributed by atoms with Gasteiger partial charge in [-0.3, -0.25) is 19.1 Å². The van der Waals surface area contributed by atoms with E-state index >= 15 is 0 Å². The molecule has 3 aromatic rings. The summed E-state index contributed by atoms with van der Waals surface area (Å²) in [6.45, 7) is 4.16. The van der Waals surface area contributed by atoms with Crippen LogP contribution >= 0.6 is 0 Å². The topological polar surface area (TPSA) is 89.2 Å². The number of halogens is 1. The molecule has 2 heterocycles. The van der Waals surface area contributed by atoms with Gasteiger partial charge in [0.2, 0.25) is 5.91 Å². The highest BCUT2D eigenvalue weighted by Gasteiger charge is 2.18. The van der Waals surface area contributed by atoms with Crippen LogP contribution in [0.4, 0.5) is 4.39 Å². The van der Waals surface area contributed by atoms with Gasteiger partial charge in [-0.25, -0.2) is 4.39 Å². The van der Waals surface area contributed by atoms with Crippen molar-refractivity contribution in [3.63, 3.8) is 0 Å². The fraction of sp³-hybridized carbons (Fsp3) is 0.304. The second kappa shape index (κ2) is 9.59. The summed E-state index contributed by atoms with van der Waals surface area (Å²) in [7, 11) is 3.51. The summed E-state index contributed by atoms with van der Waals surface area (Å²) in [5.41, 5.74) is 2.86. The van der Waals surface area contributed by atoms with E-state index in [4.69, 9.17) is 0 Å². The molecule has 32 heavy (non-hydrogen) atoms. The number of aromatic nitrogens is 3. The van der Waals surface area contributed by atoms with Crippen LogP contribution in [0.5, 0.6) is 0 Å². The van der Waals surface area contributed by atoms with Crippen LogP contribution < -0.4 is 10.9 Å². The van der Waals surface area contributed by atoms with Gasteiger partial charge in [-0.1, -0.05) is 12.1 Å². The number of likely N-dealkylation sites (N-methyl/N-ethyl adjacent to an activating group) is 1. The van der Waals surface area contributed by atoms with Crippen molar-refractivity contribution in [2.75, 3.05) is 7.05 Å². The Hall–Kier alpha value is -3.75. The zero-order valence-electron chi connectivity index (χ0n) is 18.6. The maximum atomic E-state index is 13.0. The SMILES string of the molecule is Cc1nn(C)c(C)c1CN(C)C(=O)Cn1cccc(C(=O)NCc2ccc(F)cc2)c1=O. The van der Waals surface area contributed by atoms with Crippen molar-refractivity contribution in [3.05, 3.63) is 86.8 Å². The fourth-order valence-corrected chi connectivity index (χ4v) is 3.35. The number of nitrogens with zero attached hydrogens (tertiary/aromatic N) is 4. The number of hydrogen-bond donors (Lipinski definition) is 1. The van der Waals surface area contributed by atoms with Gasteiger partial charge in [0, 0.05) is 44.6 Å². The first kappa shape index (κ1) is 22.9. The van der Waals surface area contributed by atoms with E-state index in [-0.39, 0.29) is 30.4 Å². The van der Waals surface area contributed by atoms with Crippen molar-refractivity contribution in [1.82, 2.24) is 24.6 Å². The molecule has 0 spiro atoms. The first-order valence-corrected chi connectivity index (χ1v) is 10.1. The predicted octanol–water partition coefficient (Wildman–Crippen LogP) is 1.93. The summed E-state index contributed by atoms with van der Waals surface area (Å²) in [5, 5.41) is 7.00. The Bertz CT molecular complexity index is 1200. The number of nitrogens with one attached hydrogen (secondary N) is 1. The van der Waals surface area contributed by atoms with Gasteiger partial charge in [-0.2, -0.15) is 5.10 Å². The van der Waals surface area contributed by atoms with E-state index in [1.165, 1.54) is 33.9 Å². The largest absolute Gasteiger partial charge is 0.348 e. The maximum absolute atomic E-state index is 13.0. The highest BCUT2D eigenvalue weighted by molar-refractivity contribution is 5.93. The van der Waals surface area contributed by atoms with Gasteiger partial charge in [0.1, 0.15) is 17.9 Å². The summed E-state index contributed by atoms with van der Waals surface area (Å²) in [6, 6.07) is 8.67. The summed E-state index contributed by atoms with van der Waals surface area (Å²) in [6.07, 6.45) is 1.48. The standard InChI is InChI=1S/C23H26FN5O3/c1-15-20(16(2)28(4)26-15)13-27(3)21(30)14-29-11-5-6-19(23(29)32)22(31)25-12-17-7-9-18(24)10-8-17/h5-11H,12-14H2,1-4H3,(H,25,31). The maximum Gasteiger partial charge on any atom is 0.263 e. The van der Waals surface area contributed by atoms with E-state index in [9.17, 15) is 18.8 Å². The molecule has 168 valence electrons. The summed E-state index contributed by atoms with van der Waals surface area (Å²) >= 11 is 0. The molecule has 0 fully saturated rings. The predicted molar refractivity (Wildman–Crippen MR) is 117 cm³/mol. The molecule has 0 bridgehead atoms. The second-order valence-electron chi connectivity index (χ2n) is 7.69. The number of carbonyl (C=O) groups is 2. The molecular weight excluding hydrogens is 413 g/mol. The normalized spacial score (nSPS) is 10.8. The van der Waals surface area contributed by atoms with Crippen molar-refractivity contribution >= 4 is 11.8 Å². The summed E-state index contributed by atoms with van der Waals surface area (Å²) < 4.78 is 16.0. The van der Waals surface area contributed by atoms with Crippen LogP contribution in [-0.4, -0.2) is 38.1 Å². The molecule has 1 aromatic carbocycles. The molecule has 0 aliphatic carbocycles. The zero-order valence-corrected chi connectivity index (χ0v) is 18.6. The Kier molecular flexibility index (Phi) is 6.87. The fourth-order valence-electron chi connectivity index (χ4n) is 3.35. The van der Waals surface area contributed by atoms with Gasteiger partial charge in [0.25, 0.3) is 11.5 Å². The van der Waals surface area contributed by atoms with Gasteiger partial charge in [-0.15, -0.1) is 0 Å². The smallest absolute Gasteiger partial charge is 0.263 e. The van der Waals surface area contributed by atoms with Crippen LogP contribution in [0.3, 0.4) is 0 Å². The number of carbonyl (C=O) groups excluding carboxylic acids is 2. The molecular formula is C23H26FN5O3. The first-order chi connectivity index (χ1) is 15.2. The third-order valence-electron chi connectivity index (χ3n) is 5.42. The summed E-state index contributed by atoms with van der Waals surface area (Å²) in [5.74, 6) is -1.19. The minimum atomic E-state index is -0.559. The van der Waals surface area contributed by atoms with E-state index < -0.39 is 11.5 Å². The highest BCUT2D eigenvalue weighted by Crippen LogP contribution is 2.14. The second-order valence-corrected chi connectivity index (χ2v) is 7.69. The van der Waals surface area contributed by atoms with E-state index in [2.05, 4.69) is 10.4 Å². The number of hydrogen-bond acceptors (Lipinski definition) is 4. The number of pyridine rings is 1. The third-order valence-corrected chi connectivity index (χ3v) is 5.42. The molecule has 9 heteroatoms. The monoisotopic (exact) mass is 439 g/mol. The van der Waals surface area contributed by atoms with Gasteiger partial charge in [-0.05, 0) is 43.7 Å². The van der Waals surface area contributed by atoms with Crippen LogP contribution in [0.25, 0.3) is 0 Å². The lowest BCUT2D eigenvalue weighted by molar-refractivity contribution is -0.131. The number of amides is 2. The molecule has 8 nitrogen and oxygen atoms in total. The van der Waals surface area contributed by atoms with Crippen LogP contribution in [0.15, 0.2) is 47.4 Å². The molecule has 1 N–H and O–H groups in total. The average molecular weight is 439 g/mol. The molecule has 0 radical (unpaired) electrons. The minimum absolute atomic E-state index is 0.0657. The van der Waals surface area contributed by atoms with Crippen LogP contribution in [-0.2, 0) is 31.5 Å². The van der Waals surface area contributed by atoms with Crippen molar-refractivity contribution in [2.45, 2.75) is 33.5 Å². The number of benzene rings is 1. The Morgan fingerprint density at radius 2 is 1.84 bits per heavy atom. The van der Waals surface area contributed by atoms with Crippen LogP contribution in [0.2, 0.25) is 0 Å². The molecule has 2 amide bonds. The Morgan fingerprint density at radius 3 is 2.47 bits per heavy atom. The average Bonchev–Trinajstić information content (AvgIpc) is 3.00. The van der Waals surface area contributed by atoms with Crippen molar-refractivity contribution in [1.29, 1.82) is 0 Å². The quantitative estimate of drug-likeness (QED) is 0.609. The molecule has 0 unspecified atom stereocenters. The van der Waals surface area contributed by atoms with Crippen LogP contribution in [0, 0.1) is 19.7 Å². The van der Waals surface area contributed by atoms with Gasteiger partial charge >= 0.3 is 0 Å². The first-order valence-electron chi connectivity index (χ1n) is 10.1. The van der Waals surface area contributed by atoms with Crippen molar-refractivity contribution < 1.29 is 14.0 Å². The zero-order chi connectivity index (χ0) is 23.4. The molecule has 0 aliphatic rings. The van der Waals surface area contributed by atoms with Crippen molar-refractivity contribution in [2.24, 2.45) is 7.05 Å². The summed E-state index contributed by atoms with van der Waals surface area (Å²) in [4.78, 5) is 39.5. The Morgan fingerprint density at radius 1 is 1.16 bits per heavy atom. The Balaban J connectivity index is 1.67. The van der Waals surface area contributed by atoms with E-state index in [1.54, 1.807) is 29.9 Å². The molecule has 2 aromatic heterocycles. The molecule has 3 rings (SSSR count). The lowest BCUT2D eigenvalue weighted by Gasteiger charge is -2.18. The lowest BCUT2D eigenvalue weighted by Crippen LogP contribution is -2.37. The van der Waals surface area contributed by atoms with E-state index in [0.29, 0.717) is 12.1 Å². The molecule has 0 saturated carbocycles. The highest BCUT2D eigenvalue weighted by atomic mass is 19.1. The molecule has 0 saturated heterocycles. The minimum Gasteiger partial charge on any atom is -0.348 e. The van der Waals surface area contributed by atoms with E-state index in [1.807, 2.05) is 20.9 Å². The van der Waals surface area contributed by atoms with Gasteiger partial charge in [0.15, 0.2) is 0 Å². The van der Waals surface area contributed by atoms with Gasteiger partial charge in [0.05, 0.1) is 5.69 Å². The molecule has 0 aliphatic heterocycles. The van der Waals surface area contributed by atoms with Crippen LogP contribution in [0.1, 0.15) is 32.9 Å². The Labute approximate surface area is 185 Å². The van der Waals surface area contributed by atoms with E-state index in [0.717, 1.165) is 17.0 Å². The number of aryl methyl sites for hydroxylation is 2. The number of rotatable bonds is 7. The third kappa shape index (κ3) is 5.11. The molecule has 0 atom stereocenters. The van der Waals surface area contributed by atoms with Crippen molar-refractivity contribution in [3.8, 4) is 0 Å². The lowest BCUT2D eigenvalue weighted by atomic mass is 10.2.